The molecule has 1 nitrogen and oxygen atoms in total. The summed E-state index contributed by atoms with van der Waals surface area (Å²) in [4.78, 5) is 0. The van der Waals surface area contributed by atoms with Crippen LogP contribution in [-0.4, -0.2) is 12.6 Å². The SMILES string of the molecule is CCNC1CC(C)CCC1C(C)(C)c1c(F)cccc1F. The number of halogens is 2. The van der Waals surface area contributed by atoms with Crippen molar-refractivity contribution in [2.45, 2.75) is 58.4 Å². The van der Waals surface area contributed by atoms with Crippen LogP contribution in [0.3, 0.4) is 0 Å². The van der Waals surface area contributed by atoms with Gasteiger partial charge in [-0.3, -0.25) is 0 Å². The first kappa shape index (κ1) is 16.4. The molecular weight excluding hydrogens is 268 g/mol. The molecule has 1 aliphatic carbocycles. The summed E-state index contributed by atoms with van der Waals surface area (Å²) in [5, 5.41) is 3.53. The first-order valence-electron chi connectivity index (χ1n) is 8.05. The fraction of sp³-hybridized carbons (Fsp3) is 0.667. The van der Waals surface area contributed by atoms with Gasteiger partial charge in [0.05, 0.1) is 0 Å². The van der Waals surface area contributed by atoms with Crippen LogP contribution in [0.4, 0.5) is 8.78 Å². The summed E-state index contributed by atoms with van der Waals surface area (Å²) < 4.78 is 28.5. The van der Waals surface area contributed by atoms with E-state index in [1.54, 1.807) is 0 Å². The van der Waals surface area contributed by atoms with E-state index in [1.165, 1.54) is 18.2 Å². The third-order valence-electron chi connectivity index (χ3n) is 5.11. The fourth-order valence-electron chi connectivity index (χ4n) is 4.03. The second-order valence-electron chi connectivity index (χ2n) is 7.01. The maximum atomic E-state index is 14.2. The van der Waals surface area contributed by atoms with E-state index in [-0.39, 0.29) is 11.5 Å². The van der Waals surface area contributed by atoms with Crippen molar-refractivity contribution in [3.05, 3.63) is 35.4 Å². The molecule has 0 heterocycles. The average molecular weight is 295 g/mol. The molecule has 2 rings (SSSR count). The summed E-state index contributed by atoms with van der Waals surface area (Å²) in [6.07, 6.45) is 3.23. The summed E-state index contributed by atoms with van der Waals surface area (Å²) in [6, 6.07) is 4.50. The van der Waals surface area contributed by atoms with Crippen LogP contribution >= 0.6 is 0 Å². The van der Waals surface area contributed by atoms with Crippen molar-refractivity contribution in [2.75, 3.05) is 6.54 Å². The van der Waals surface area contributed by atoms with Gasteiger partial charge in [-0.05, 0) is 48.8 Å². The van der Waals surface area contributed by atoms with Gasteiger partial charge >= 0.3 is 0 Å². The smallest absolute Gasteiger partial charge is 0.129 e. The highest BCUT2D eigenvalue weighted by Crippen LogP contribution is 2.43. The molecule has 21 heavy (non-hydrogen) atoms. The maximum absolute atomic E-state index is 14.2. The van der Waals surface area contributed by atoms with Crippen LogP contribution in [0.25, 0.3) is 0 Å². The van der Waals surface area contributed by atoms with Gasteiger partial charge in [0.15, 0.2) is 0 Å². The zero-order valence-corrected chi connectivity index (χ0v) is 13.5. The molecule has 1 fully saturated rings. The lowest BCUT2D eigenvalue weighted by atomic mass is 9.63. The quantitative estimate of drug-likeness (QED) is 0.852. The lowest BCUT2D eigenvalue weighted by Crippen LogP contribution is -2.49. The first-order chi connectivity index (χ1) is 9.87. The van der Waals surface area contributed by atoms with Gasteiger partial charge in [0, 0.05) is 11.6 Å². The zero-order chi connectivity index (χ0) is 15.6. The normalized spacial score (nSPS) is 26.9. The van der Waals surface area contributed by atoms with E-state index in [0.29, 0.717) is 12.0 Å². The van der Waals surface area contributed by atoms with Crippen molar-refractivity contribution >= 4 is 0 Å². The standard InChI is InChI=1S/C18H27F2N/c1-5-21-16-11-12(2)9-10-13(16)18(3,4)17-14(19)7-6-8-15(17)20/h6-8,12-13,16,21H,5,9-11H2,1-4H3. The maximum Gasteiger partial charge on any atom is 0.129 e. The molecule has 1 saturated carbocycles. The summed E-state index contributed by atoms with van der Waals surface area (Å²) in [7, 11) is 0. The minimum atomic E-state index is -0.512. The highest BCUT2D eigenvalue weighted by Gasteiger charge is 2.42. The van der Waals surface area contributed by atoms with E-state index in [0.717, 1.165) is 25.8 Å². The molecule has 1 aromatic rings. The largest absolute Gasteiger partial charge is 0.314 e. The molecule has 3 unspecified atom stereocenters. The number of rotatable bonds is 4. The van der Waals surface area contributed by atoms with Crippen molar-refractivity contribution in [1.82, 2.24) is 5.32 Å². The number of benzene rings is 1. The predicted octanol–water partition coefficient (Wildman–Crippen LogP) is 4.66. The van der Waals surface area contributed by atoms with Crippen LogP contribution in [0.2, 0.25) is 0 Å². The van der Waals surface area contributed by atoms with Crippen molar-refractivity contribution in [3.8, 4) is 0 Å². The van der Waals surface area contributed by atoms with E-state index in [1.807, 2.05) is 13.8 Å². The van der Waals surface area contributed by atoms with Crippen molar-refractivity contribution in [2.24, 2.45) is 11.8 Å². The molecule has 0 amide bonds. The van der Waals surface area contributed by atoms with Crippen LogP contribution < -0.4 is 5.32 Å². The molecule has 1 aromatic carbocycles. The van der Waals surface area contributed by atoms with Crippen LogP contribution in [0.5, 0.6) is 0 Å². The van der Waals surface area contributed by atoms with Gasteiger partial charge in [-0.1, -0.05) is 40.2 Å². The van der Waals surface area contributed by atoms with E-state index >= 15 is 0 Å². The minimum absolute atomic E-state index is 0.243. The Balaban J connectivity index is 2.36. The van der Waals surface area contributed by atoms with Crippen LogP contribution in [-0.2, 0) is 5.41 Å². The Morgan fingerprint density at radius 2 is 1.81 bits per heavy atom. The number of nitrogens with one attached hydrogen (secondary N) is 1. The van der Waals surface area contributed by atoms with Crippen molar-refractivity contribution in [1.29, 1.82) is 0 Å². The van der Waals surface area contributed by atoms with Gasteiger partial charge in [-0.2, -0.15) is 0 Å². The Hall–Kier alpha value is -0.960. The second kappa shape index (κ2) is 6.43. The molecule has 0 radical (unpaired) electrons. The fourth-order valence-corrected chi connectivity index (χ4v) is 4.03. The Bertz CT molecular complexity index is 464. The van der Waals surface area contributed by atoms with Gasteiger partial charge in [0.25, 0.3) is 0 Å². The Morgan fingerprint density at radius 3 is 2.38 bits per heavy atom. The Morgan fingerprint density at radius 1 is 1.19 bits per heavy atom. The molecule has 0 bridgehead atoms. The second-order valence-corrected chi connectivity index (χ2v) is 7.01. The van der Waals surface area contributed by atoms with Gasteiger partial charge in [0.1, 0.15) is 11.6 Å². The minimum Gasteiger partial charge on any atom is -0.314 e. The average Bonchev–Trinajstić information content (AvgIpc) is 2.38. The molecule has 0 spiro atoms. The third-order valence-corrected chi connectivity index (χ3v) is 5.11. The van der Waals surface area contributed by atoms with E-state index in [9.17, 15) is 8.78 Å². The van der Waals surface area contributed by atoms with Gasteiger partial charge in [-0.15, -0.1) is 0 Å². The molecule has 3 atom stereocenters. The van der Waals surface area contributed by atoms with E-state index in [4.69, 9.17) is 0 Å². The summed E-state index contributed by atoms with van der Waals surface area (Å²) in [5.41, 5.74) is -0.268. The summed E-state index contributed by atoms with van der Waals surface area (Å²) in [5.74, 6) is 0.0781. The van der Waals surface area contributed by atoms with Crippen molar-refractivity contribution in [3.63, 3.8) is 0 Å². The topological polar surface area (TPSA) is 12.0 Å². The molecule has 0 aliphatic heterocycles. The molecule has 1 N–H and O–H groups in total. The monoisotopic (exact) mass is 295 g/mol. The molecule has 1 aliphatic rings. The summed E-state index contributed by atoms with van der Waals surface area (Å²) >= 11 is 0. The van der Waals surface area contributed by atoms with Gasteiger partial charge in [0.2, 0.25) is 0 Å². The number of hydrogen-bond acceptors (Lipinski definition) is 1. The number of hydrogen-bond donors (Lipinski definition) is 1. The summed E-state index contributed by atoms with van der Waals surface area (Å²) in [6.45, 7) is 9.22. The molecule has 118 valence electrons. The Kier molecular flexibility index (Phi) is 5.03. The van der Waals surface area contributed by atoms with Gasteiger partial charge in [-0.25, -0.2) is 8.78 Å². The highest BCUT2D eigenvalue weighted by atomic mass is 19.1. The van der Waals surface area contributed by atoms with Crippen LogP contribution in [0.15, 0.2) is 18.2 Å². The van der Waals surface area contributed by atoms with E-state index < -0.39 is 17.0 Å². The predicted molar refractivity (Wildman–Crippen MR) is 83.4 cm³/mol. The first-order valence-corrected chi connectivity index (χ1v) is 8.05. The lowest BCUT2D eigenvalue weighted by molar-refractivity contribution is 0.142. The Labute approximate surface area is 127 Å². The van der Waals surface area contributed by atoms with Crippen LogP contribution in [0.1, 0.15) is 52.5 Å². The van der Waals surface area contributed by atoms with Crippen LogP contribution in [0, 0.1) is 23.5 Å². The van der Waals surface area contributed by atoms with E-state index in [2.05, 4.69) is 19.2 Å². The molecule has 0 aromatic heterocycles. The zero-order valence-electron chi connectivity index (χ0n) is 13.5. The highest BCUT2D eigenvalue weighted by molar-refractivity contribution is 5.29. The molecular formula is C18H27F2N. The molecule has 0 saturated heterocycles. The molecule has 3 heteroatoms. The third kappa shape index (κ3) is 3.28. The lowest BCUT2D eigenvalue weighted by Gasteiger charge is -2.45. The van der Waals surface area contributed by atoms with Crippen molar-refractivity contribution < 1.29 is 8.78 Å². The van der Waals surface area contributed by atoms with Gasteiger partial charge < -0.3 is 5.32 Å².